The number of carbonyl (C=O) groups is 2. The second-order valence-electron chi connectivity index (χ2n) is 6.19. The third kappa shape index (κ3) is 6.16. The zero-order valence-electron chi connectivity index (χ0n) is 13.1. The third-order valence-corrected chi connectivity index (χ3v) is 5.74. The van der Waals surface area contributed by atoms with Crippen LogP contribution in [-0.2, 0) is 9.59 Å². The van der Waals surface area contributed by atoms with Gasteiger partial charge in [-0.3, -0.25) is 4.79 Å². The molecule has 1 atom stereocenters. The van der Waals surface area contributed by atoms with Crippen molar-refractivity contribution in [2.75, 3.05) is 5.75 Å². The van der Waals surface area contributed by atoms with Gasteiger partial charge >= 0.3 is 5.97 Å². The van der Waals surface area contributed by atoms with Gasteiger partial charge in [0.1, 0.15) is 5.25 Å². The standard InChI is InChI=1S/C15H28O4S/c1-10(2)15(5,11(3)4)7-6-8-20-12(14(18)19)9-13(16)17/h10-12H,6-9H2,1-5H3,(H,16,17)(H,18,19)/p-1. The summed E-state index contributed by atoms with van der Waals surface area (Å²) in [4.78, 5) is 21.4. The molecular weight excluding hydrogens is 276 g/mol. The Bertz CT molecular complexity index is 318. The summed E-state index contributed by atoms with van der Waals surface area (Å²) in [5, 5.41) is 18.5. The van der Waals surface area contributed by atoms with Gasteiger partial charge in [0, 0.05) is 12.4 Å². The highest BCUT2D eigenvalue weighted by Gasteiger charge is 2.31. The lowest BCUT2D eigenvalue weighted by Gasteiger charge is -2.38. The van der Waals surface area contributed by atoms with Gasteiger partial charge in [-0.2, -0.15) is 0 Å². The Morgan fingerprint density at radius 2 is 1.70 bits per heavy atom. The summed E-state index contributed by atoms with van der Waals surface area (Å²) in [6, 6.07) is 0. The third-order valence-electron chi connectivity index (χ3n) is 4.44. The molecule has 0 aliphatic heterocycles. The van der Waals surface area contributed by atoms with E-state index in [9.17, 15) is 14.7 Å². The van der Waals surface area contributed by atoms with Gasteiger partial charge in [0.15, 0.2) is 0 Å². The lowest BCUT2D eigenvalue weighted by atomic mass is 9.68. The lowest BCUT2D eigenvalue weighted by Crippen LogP contribution is -2.31. The van der Waals surface area contributed by atoms with Crippen molar-refractivity contribution in [2.45, 2.75) is 59.1 Å². The Kier molecular flexibility index (Phi) is 8.25. The second-order valence-corrected chi connectivity index (χ2v) is 7.50. The number of hydrogen-bond acceptors (Lipinski definition) is 4. The van der Waals surface area contributed by atoms with Gasteiger partial charge in [-0.1, -0.05) is 34.6 Å². The predicted octanol–water partition coefficient (Wildman–Crippen LogP) is 2.41. The molecule has 20 heavy (non-hydrogen) atoms. The minimum absolute atomic E-state index is 0.230. The van der Waals surface area contributed by atoms with Crippen LogP contribution in [0.3, 0.4) is 0 Å². The molecule has 0 aromatic carbocycles. The zero-order chi connectivity index (χ0) is 15.9. The number of carboxylic acids is 2. The topological polar surface area (TPSA) is 77.4 Å². The van der Waals surface area contributed by atoms with Gasteiger partial charge in [0.2, 0.25) is 0 Å². The molecular formula is C15H27O4S-. The van der Waals surface area contributed by atoms with E-state index in [2.05, 4.69) is 34.6 Å². The summed E-state index contributed by atoms with van der Waals surface area (Å²) < 4.78 is 0. The maximum atomic E-state index is 10.9. The van der Waals surface area contributed by atoms with E-state index in [1.807, 2.05) is 0 Å². The number of carboxylic acid groups (broad SMARTS) is 2. The van der Waals surface area contributed by atoms with Crippen LogP contribution in [-0.4, -0.2) is 28.0 Å². The largest absolute Gasteiger partial charge is 0.550 e. The van der Waals surface area contributed by atoms with Gasteiger partial charge in [-0.25, -0.2) is 0 Å². The van der Waals surface area contributed by atoms with Crippen LogP contribution in [0.1, 0.15) is 53.9 Å². The molecule has 0 saturated carbocycles. The number of thioether (sulfide) groups is 1. The minimum atomic E-state index is -1.31. The first-order chi connectivity index (χ1) is 9.11. The second kappa shape index (κ2) is 8.55. The molecule has 4 nitrogen and oxygen atoms in total. The molecule has 0 fully saturated rings. The number of aliphatic carboxylic acids is 2. The van der Waals surface area contributed by atoms with Crippen LogP contribution in [0.4, 0.5) is 0 Å². The predicted molar refractivity (Wildman–Crippen MR) is 80.5 cm³/mol. The van der Waals surface area contributed by atoms with Crippen LogP contribution in [0, 0.1) is 17.3 Å². The fourth-order valence-corrected chi connectivity index (χ4v) is 3.28. The van der Waals surface area contributed by atoms with Crippen molar-refractivity contribution in [1.29, 1.82) is 0 Å². The van der Waals surface area contributed by atoms with Crippen LogP contribution < -0.4 is 5.11 Å². The van der Waals surface area contributed by atoms with Gasteiger partial charge < -0.3 is 15.0 Å². The zero-order valence-corrected chi connectivity index (χ0v) is 14.0. The first-order valence-electron chi connectivity index (χ1n) is 7.15. The van der Waals surface area contributed by atoms with Crippen LogP contribution >= 0.6 is 11.8 Å². The Morgan fingerprint density at radius 1 is 1.20 bits per heavy atom. The van der Waals surface area contributed by atoms with Crippen molar-refractivity contribution < 1.29 is 19.8 Å². The molecule has 0 spiro atoms. The maximum absolute atomic E-state index is 10.9. The molecule has 1 unspecified atom stereocenters. The van der Waals surface area contributed by atoms with Crippen molar-refractivity contribution in [2.24, 2.45) is 17.3 Å². The summed E-state index contributed by atoms with van der Waals surface area (Å²) in [6.07, 6.45) is 1.49. The van der Waals surface area contributed by atoms with E-state index in [4.69, 9.17) is 5.11 Å². The first kappa shape index (κ1) is 19.3. The highest BCUT2D eigenvalue weighted by molar-refractivity contribution is 8.00. The molecule has 0 bridgehead atoms. The van der Waals surface area contributed by atoms with Crippen molar-refractivity contribution >= 4 is 23.7 Å². The highest BCUT2D eigenvalue weighted by atomic mass is 32.2. The molecule has 118 valence electrons. The molecule has 0 aromatic heterocycles. The van der Waals surface area contributed by atoms with Crippen molar-refractivity contribution in [1.82, 2.24) is 0 Å². The van der Waals surface area contributed by atoms with Crippen LogP contribution in [0.25, 0.3) is 0 Å². The van der Waals surface area contributed by atoms with E-state index >= 15 is 0 Å². The number of carbonyl (C=O) groups excluding carboxylic acids is 1. The van der Waals surface area contributed by atoms with Gasteiger partial charge in [0.25, 0.3) is 0 Å². The van der Waals surface area contributed by atoms with E-state index in [0.717, 1.165) is 12.8 Å². The SMILES string of the molecule is CC(C)C(C)(CCCSC(CC(=O)[O-])C(=O)O)C(C)C. The normalized spacial score (nSPS) is 13.8. The minimum Gasteiger partial charge on any atom is -0.550 e. The fraction of sp³-hybridized carbons (Fsp3) is 0.867. The monoisotopic (exact) mass is 303 g/mol. The molecule has 0 amide bonds. The summed E-state index contributed by atoms with van der Waals surface area (Å²) >= 11 is 1.20. The molecule has 0 aliphatic carbocycles. The molecule has 1 N–H and O–H groups in total. The lowest BCUT2D eigenvalue weighted by molar-refractivity contribution is -0.305. The molecule has 0 aromatic rings. The molecule has 0 aliphatic rings. The summed E-state index contributed by atoms with van der Waals surface area (Å²) in [5.74, 6) is -0.593. The quantitative estimate of drug-likeness (QED) is 0.627. The molecule has 0 heterocycles. The maximum Gasteiger partial charge on any atom is 0.316 e. The molecule has 0 rings (SSSR count). The van der Waals surface area contributed by atoms with Crippen molar-refractivity contribution in [3.8, 4) is 0 Å². The van der Waals surface area contributed by atoms with Crippen LogP contribution in [0.2, 0.25) is 0 Å². The smallest absolute Gasteiger partial charge is 0.316 e. The Morgan fingerprint density at radius 3 is 2.05 bits per heavy atom. The average Bonchev–Trinajstić information content (AvgIpc) is 2.31. The van der Waals surface area contributed by atoms with E-state index in [0.29, 0.717) is 17.6 Å². The molecule has 0 radical (unpaired) electrons. The summed E-state index contributed by atoms with van der Waals surface area (Å²) in [7, 11) is 0. The molecule has 5 heteroatoms. The van der Waals surface area contributed by atoms with Crippen molar-refractivity contribution in [3.63, 3.8) is 0 Å². The van der Waals surface area contributed by atoms with Gasteiger partial charge in [0.05, 0.1) is 0 Å². The van der Waals surface area contributed by atoms with E-state index < -0.39 is 23.6 Å². The number of rotatable bonds is 10. The first-order valence-corrected chi connectivity index (χ1v) is 8.20. The van der Waals surface area contributed by atoms with E-state index in [1.165, 1.54) is 11.8 Å². The highest BCUT2D eigenvalue weighted by Crippen LogP contribution is 2.40. The van der Waals surface area contributed by atoms with Gasteiger partial charge in [-0.05, 0) is 35.8 Å². The van der Waals surface area contributed by atoms with Gasteiger partial charge in [-0.15, -0.1) is 11.8 Å². The Balaban J connectivity index is 4.28. The molecule has 0 saturated heterocycles. The van der Waals surface area contributed by atoms with Crippen LogP contribution in [0.5, 0.6) is 0 Å². The Hall–Kier alpha value is -0.710. The Labute approximate surface area is 126 Å². The van der Waals surface area contributed by atoms with Crippen molar-refractivity contribution in [3.05, 3.63) is 0 Å². The fourth-order valence-electron chi connectivity index (χ4n) is 2.29. The summed E-state index contributed by atoms with van der Waals surface area (Å²) in [5.41, 5.74) is 0.230. The summed E-state index contributed by atoms with van der Waals surface area (Å²) in [6.45, 7) is 11.1. The van der Waals surface area contributed by atoms with Crippen LogP contribution in [0.15, 0.2) is 0 Å². The number of hydrogen-bond donors (Lipinski definition) is 1. The van der Waals surface area contributed by atoms with E-state index in [1.54, 1.807) is 0 Å². The van der Waals surface area contributed by atoms with E-state index in [-0.39, 0.29) is 5.41 Å². The average molecular weight is 303 g/mol.